The Morgan fingerprint density at radius 2 is 1.06 bits per heavy atom. The smallest absolute Gasteiger partial charge is 0.0175 e. The number of rotatable bonds is 0. The zero-order chi connectivity index (χ0) is 12.0. The lowest BCUT2D eigenvalue weighted by atomic mass is 9.98. The second kappa shape index (κ2) is 3.59. The van der Waals surface area contributed by atoms with E-state index in [-0.39, 0.29) is 0 Å². The summed E-state index contributed by atoms with van der Waals surface area (Å²) in [7, 11) is 0. The molecule has 0 radical (unpaired) electrons. The van der Waals surface area contributed by atoms with Crippen LogP contribution in [0.4, 0.5) is 0 Å². The summed E-state index contributed by atoms with van der Waals surface area (Å²) in [5.41, 5.74) is 4.05. The molecule has 0 heterocycles. The first-order valence-electron chi connectivity index (χ1n) is 6.05. The number of hydrogen-bond acceptors (Lipinski definition) is 0. The van der Waals surface area contributed by atoms with Gasteiger partial charge in [0.1, 0.15) is 0 Å². The molecule has 84 valence electrons. The van der Waals surface area contributed by atoms with Crippen LogP contribution in [0.2, 0.25) is 0 Å². The first kappa shape index (κ1) is 10.3. The Labute approximate surface area is 102 Å². The van der Waals surface area contributed by atoms with Gasteiger partial charge < -0.3 is 0 Å². The molecule has 0 atom stereocenters. The highest BCUT2D eigenvalue weighted by Crippen LogP contribution is 2.26. The summed E-state index contributed by atoms with van der Waals surface area (Å²) in [5.74, 6) is 0. The maximum absolute atomic E-state index is 2.30. The molecule has 0 spiro atoms. The fourth-order valence-electron chi connectivity index (χ4n) is 2.40. The lowest BCUT2D eigenvalue weighted by Crippen LogP contribution is -1.83. The standard InChI is InChI=1S/C17H16/c1-11-4-5-14-9-16-7-12(2)13(3)8-17(16)10-15(14)6-11/h4-10H,1-3H3. The summed E-state index contributed by atoms with van der Waals surface area (Å²) in [4.78, 5) is 0. The van der Waals surface area contributed by atoms with Crippen LogP contribution in [0.1, 0.15) is 16.7 Å². The van der Waals surface area contributed by atoms with Crippen molar-refractivity contribution >= 4 is 21.5 Å². The Morgan fingerprint density at radius 1 is 0.529 bits per heavy atom. The van der Waals surface area contributed by atoms with Crippen LogP contribution in [-0.2, 0) is 0 Å². The van der Waals surface area contributed by atoms with Crippen molar-refractivity contribution in [1.82, 2.24) is 0 Å². The summed E-state index contributed by atoms with van der Waals surface area (Å²) >= 11 is 0. The third-order valence-corrected chi connectivity index (χ3v) is 3.56. The average molecular weight is 220 g/mol. The van der Waals surface area contributed by atoms with Crippen LogP contribution in [0, 0.1) is 20.8 Å². The van der Waals surface area contributed by atoms with E-state index < -0.39 is 0 Å². The maximum atomic E-state index is 2.30. The van der Waals surface area contributed by atoms with Crippen LogP contribution in [0.25, 0.3) is 21.5 Å². The van der Waals surface area contributed by atoms with Gasteiger partial charge in [-0.2, -0.15) is 0 Å². The van der Waals surface area contributed by atoms with Gasteiger partial charge in [-0.25, -0.2) is 0 Å². The number of aryl methyl sites for hydroxylation is 3. The summed E-state index contributed by atoms with van der Waals surface area (Å²) in [6.07, 6.45) is 0. The highest BCUT2D eigenvalue weighted by atomic mass is 14.1. The fraction of sp³-hybridized carbons (Fsp3) is 0.176. The Balaban J connectivity index is 2.43. The van der Waals surface area contributed by atoms with E-state index >= 15 is 0 Å². The first-order valence-corrected chi connectivity index (χ1v) is 6.05. The first-order chi connectivity index (χ1) is 8.13. The third-order valence-electron chi connectivity index (χ3n) is 3.56. The number of fused-ring (bicyclic) bond motifs is 2. The largest absolute Gasteiger partial charge is 0.0587 e. The van der Waals surface area contributed by atoms with Crippen molar-refractivity contribution in [3.05, 3.63) is 59.2 Å². The van der Waals surface area contributed by atoms with Crippen molar-refractivity contribution in [1.29, 1.82) is 0 Å². The van der Waals surface area contributed by atoms with Crippen LogP contribution in [0.5, 0.6) is 0 Å². The monoisotopic (exact) mass is 220 g/mol. The summed E-state index contributed by atoms with van der Waals surface area (Å²) in [6, 6.07) is 15.8. The van der Waals surface area contributed by atoms with E-state index in [4.69, 9.17) is 0 Å². The molecule has 0 fully saturated rings. The van der Waals surface area contributed by atoms with Crippen molar-refractivity contribution in [3.63, 3.8) is 0 Å². The molecular formula is C17H16. The zero-order valence-electron chi connectivity index (χ0n) is 10.5. The topological polar surface area (TPSA) is 0 Å². The quantitative estimate of drug-likeness (QED) is 0.472. The minimum atomic E-state index is 1.32. The zero-order valence-corrected chi connectivity index (χ0v) is 10.5. The molecule has 0 aliphatic carbocycles. The Bertz CT molecular complexity index is 721. The second-order valence-corrected chi connectivity index (χ2v) is 4.99. The molecule has 3 aromatic carbocycles. The average Bonchev–Trinajstić information content (AvgIpc) is 2.28. The van der Waals surface area contributed by atoms with Gasteiger partial charge in [0.15, 0.2) is 0 Å². The van der Waals surface area contributed by atoms with Gasteiger partial charge in [-0.15, -0.1) is 0 Å². The van der Waals surface area contributed by atoms with Gasteiger partial charge in [0.05, 0.1) is 0 Å². The van der Waals surface area contributed by atoms with Crippen LogP contribution in [0.3, 0.4) is 0 Å². The SMILES string of the molecule is Cc1ccc2cc3cc(C)c(C)cc3cc2c1. The van der Waals surface area contributed by atoms with Crippen molar-refractivity contribution in [3.8, 4) is 0 Å². The normalized spacial score (nSPS) is 11.2. The van der Waals surface area contributed by atoms with Crippen molar-refractivity contribution in [2.45, 2.75) is 20.8 Å². The van der Waals surface area contributed by atoms with Gasteiger partial charge in [0, 0.05) is 0 Å². The van der Waals surface area contributed by atoms with E-state index in [0.29, 0.717) is 0 Å². The predicted molar refractivity (Wildman–Crippen MR) is 75.7 cm³/mol. The van der Waals surface area contributed by atoms with E-state index in [0.717, 1.165) is 0 Å². The van der Waals surface area contributed by atoms with Crippen LogP contribution in [-0.4, -0.2) is 0 Å². The van der Waals surface area contributed by atoms with Gasteiger partial charge in [-0.3, -0.25) is 0 Å². The molecule has 0 heteroatoms. The predicted octanol–water partition coefficient (Wildman–Crippen LogP) is 4.92. The van der Waals surface area contributed by atoms with Gasteiger partial charge in [-0.05, 0) is 65.6 Å². The molecule has 0 unspecified atom stereocenters. The molecule has 0 aliphatic rings. The van der Waals surface area contributed by atoms with Gasteiger partial charge >= 0.3 is 0 Å². The van der Waals surface area contributed by atoms with Crippen molar-refractivity contribution in [2.75, 3.05) is 0 Å². The fourth-order valence-corrected chi connectivity index (χ4v) is 2.40. The molecule has 0 aromatic heterocycles. The Kier molecular flexibility index (Phi) is 2.19. The van der Waals surface area contributed by atoms with Gasteiger partial charge in [-0.1, -0.05) is 35.9 Å². The van der Waals surface area contributed by atoms with E-state index in [1.807, 2.05) is 0 Å². The van der Waals surface area contributed by atoms with Crippen LogP contribution in [0.15, 0.2) is 42.5 Å². The third kappa shape index (κ3) is 1.70. The molecule has 0 bridgehead atoms. The van der Waals surface area contributed by atoms with E-state index in [2.05, 4.69) is 63.2 Å². The van der Waals surface area contributed by atoms with Crippen LogP contribution >= 0.6 is 0 Å². The van der Waals surface area contributed by atoms with Gasteiger partial charge in [0.2, 0.25) is 0 Å². The summed E-state index contributed by atoms with van der Waals surface area (Å²) in [5, 5.41) is 5.34. The molecule has 3 rings (SSSR count). The van der Waals surface area contributed by atoms with E-state index in [1.165, 1.54) is 38.2 Å². The number of benzene rings is 3. The molecule has 0 nitrogen and oxygen atoms in total. The van der Waals surface area contributed by atoms with Gasteiger partial charge in [0.25, 0.3) is 0 Å². The number of hydrogen-bond donors (Lipinski definition) is 0. The summed E-state index contributed by atoms with van der Waals surface area (Å²) in [6.45, 7) is 6.49. The van der Waals surface area contributed by atoms with Crippen molar-refractivity contribution < 1.29 is 0 Å². The lowest BCUT2D eigenvalue weighted by Gasteiger charge is -2.07. The van der Waals surface area contributed by atoms with Crippen molar-refractivity contribution in [2.24, 2.45) is 0 Å². The van der Waals surface area contributed by atoms with Crippen LogP contribution < -0.4 is 0 Å². The minimum Gasteiger partial charge on any atom is -0.0587 e. The Hall–Kier alpha value is -1.82. The molecule has 3 aromatic rings. The van der Waals surface area contributed by atoms with E-state index in [1.54, 1.807) is 0 Å². The molecule has 17 heavy (non-hydrogen) atoms. The molecule has 0 amide bonds. The lowest BCUT2D eigenvalue weighted by molar-refractivity contribution is 1.37. The molecular weight excluding hydrogens is 204 g/mol. The molecule has 0 saturated heterocycles. The highest BCUT2D eigenvalue weighted by Gasteiger charge is 2.01. The molecule has 0 aliphatic heterocycles. The summed E-state index contributed by atoms with van der Waals surface area (Å²) < 4.78 is 0. The second-order valence-electron chi connectivity index (χ2n) is 4.99. The maximum Gasteiger partial charge on any atom is -0.0175 e. The molecule has 0 N–H and O–H groups in total. The Morgan fingerprint density at radius 3 is 1.71 bits per heavy atom. The molecule has 0 saturated carbocycles. The minimum absolute atomic E-state index is 1.32. The van der Waals surface area contributed by atoms with E-state index in [9.17, 15) is 0 Å². The highest BCUT2D eigenvalue weighted by molar-refractivity contribution is 5.98.